The predicted octanol–water partition coefficient (Wildman–Crippen LogP) is -3.11. The zero-order chi connectivity index (χ0) is 21.2. The van der Waals surface area contributed by atoms with Crippen LogP contribution in [0.25, 0.3) is 0 Å². The smallest absolute Gasteiger partial charge is 0.363 e. The third-order valence-electron chi connectivity index (χ3n) is 4.18. The molecule has 1 aliphatic rings. The van der Waals surface area contributed by atoms with Crippen molar-refractivity contribution in [3.63, 3.8) is 0 Å². The molecular weight excluding hydrogens is 401 g/mol. The quantitative estimate of drug-likeness (QED) is 0.244. The molecule has 158 valence electrons. The number of likely N-dealkylation sites (N-methyl/N-ethyl adjacent to an activating group) is 1. The molecule has 1 unspecified atom stereocenters. The van der Waals surface area contributed by atoms with E-state index in [0.29, 0.717) is 0 Å². The van der Waals surface area contributed by atoms with E-state index in [-0.39, 0.29) is 12.1 Å². The molecule has 1 aromatic rings. The summed E-state index contributed by atoms with van der Waals surface area (Å²) in [6, 6.07) is 0. The standard InChI is InChI=1S/C14H22N3O10P/c1-3-15-11(20)13(28(23,24)25)26-5-7-8(18)9(19)10(27-7)6-4-16-14(22)17(2)12(6)21/h4,7-10,13,18-19H,3,5H2,1-2H3,(H,15,20)(H,16,22)(H2,23,24,25)/t7-,8-,9-,10-,13?/m1/s1. The highest BCUT2D eigenvalue weighted by Gasteiger charge is 2.46. The zero-order valence-electron chi connectivity index (χ0n) is 15.0. The Morgan fingerprint density at radius 2 is 2.04 bits per heavy atom. The number of rotatable bonds is 7. The molecule has 1 saturated heterocycles. The summed E-state index contributed by atoms with van der Waals surface area (Å²) in [6.45, 7) is 1.01. The maximum Gasteiger partial charge on any atom is 0.363 e. The highest BCUT2D eigenvalue weighted by Crippen LogP contribution is 2.42. The number of aliphatic hydroxyl groups is 2. The molecular formula is C14H22N3O10P. The third kappa shape index (κ3) is 4.58. The number of aliphatic hydroxyl groups excluding tert-OH is 2. The molecule has 2 rings (SSSR count). The van der Waals surface area contributed by atoms with Gasteiger partial charge in [-0.25, -0.2) is 4.79 Å². The van der Waals surface area contributed by atoms with Crippen molar-refractivity contribution in [3.8, 4) is 0 Å². The fourth-order valence-corrected chi connectivity index (χ4v) is 3.38. The van der Waals surface area contributed by atoms with E-state index >= 15 is 0 Å². The highest BCUT2D eigenvalue weighted by molar-refractivity contribution is 7.53. The van der Waals surface area contributed by atoms with Gasteiger partial charge in [0.1, 0.15) is 24.4 Å². The monoisotopic (exact) mass is 423 g/mol. The molecule has 2 heterocycles. The number of nitrogens with one attached hydrogen (secondary N) is 2. The summed E-state index contributed by atoms with van der Waals surface area (Å²) in [5.74, 6) is -3.17. The predicted molar refractivity (Wildman–Crippen MR) is 92.4 cm³/mol. The Morgan fingerprint density at radius 1 is 1.39 bits per heavy atom. The second-order valence-corrected chi connectivity index (χ2v) is 7.81. The Balaban J connectivity index is 2.17. The van der Waals surface area contributed by atoms with Gasteiger partial charge in [-0.15, -0.1) is 0 Å². The number of hydrogen-bond acceptors (Lipinski definition) is 8. The van der Waals surface area contributed by atoms with Crippen LogP contribution >= 0.6 is 7.60 Å². The van der Waals surface area contributed by atoms with Crippen LogP contribution < -0.4 is 16.6 Å². The van der Waals surface area contributed by atoms with Crippen LogP contribution in [0.3, 0.4) is 0 Å². The van der Waals surface area contributed by atoms with Crippen LogP contribution in [0, 0.1) is 0 Å². The van der Waals surface area contributed by atoms with Gasteiger partial charge in [0, 0.05) is 19.8 Å². The van der Waals surface area contributed by atoms with Crippen LogP contribution in [0.4, 0.5) is 0 Å². The number of ether oxygens (including phenoxy) is 2. The molecule has 0 saturated carbocycles. The van der Waals surface area contributed by atoms with Crippen LogP contribution in [-0.4, -0.2) is 72.8 Å². The first-order valence-electron chi connectivity index (χ1n) is 8.23. The minimum absolute atomic E-state index is 0.109. The topological polar surface area (TPSA) is 200 Å². The van der Waals surface area contributed by atoms with Crippen molar-refractivity contribution >= 4 is 13.5 Å². The number of hydrogen-bond donors (Lipinski definition) is 6. The molecule has 1 amide bonds. The van der Waals surface area contributed by atoms with Crippen molar-refractivity contribution in [1.29, 1.82) is 0 Å². The van der Waals surface area contributed by atoms with E-state index in [1.54, 1.807) is 6.92 Å². The number of H-pyrrole nitrogens is 1. The Labute approximate surface area is 158 Å². The molecule has 1 fully saturated rings. The van der Waals surface area contributed by atoms with E-state index < -0.39 is 61.6 Å². The van der Waals surface area contributed by atoms with Gasteiger partial charge in [0.25, 0.3) is 11.5 Å². The van der Waals surface area contributed by atoms with Crippen LogP contribution in [0.1, 0.15) is 18.6 Å². The largest absolute Gasteiger partial charge is 0.387 e. The van der Waals surface area contributed by atoms with Gasteiger partial charge >= 0.3 is 13.3 Å². The number of carbonyl (C=O) groups is 1. The lowest BCUT2D eigenvalue weighted by Gasteiger charge is -2.21. The number of aromatic amines is 1. The van der Waals surface area contributed by atoms with Crippen molar-refractivity contribution in [3.05, 3.63) is 32.6 Å². The van der Waals surface area contributed by atoms with Gasteiger partial charge in [-0.1, -0.05) is 0 Å². The van der Waals surface area contributed by atoms with E-state index in [1.807, 2.05) is 0 Å². The molecule has 5 atom stereocenters. The minimum Gasteiger partial charge on any atom is -0.387 e. The normalized spacial score (nSPS) is 26.2. The Morgan fingerprint density at radius 3 is 2.61 bits per heavy atom. The summed E-state index contributed by atoms with van der Waals surface area (Å²) in [5, 5.41) is 22.5. The van der Waals surface area contributed by atoms with Crippen LogP contribution in [-0.2, 0) is 25.9 Å². The number of carbonyl (C=O) groups excluding carboxylic acids is 1. The third-order valence-corrected chi connectivity index (χ3v) is 5.17. The number of aromatic nitrogens is 2. The van der Waals surface area contributed by atoms with Gasteiger partial charge in [0.15, 0.2) is 0 Å². The van der Waals surface area contributed by atoms with Gasteiger partial charge in [-0.05, 0) is 6.92 Å². The maximum absolute atomic E-state index is 12.2. The lowest BCUT2D eigenvalue weighted by atomic mass is 10.0. The van der Waals surface area contributed by atoms with E-state index in [2.05, 4.69) is 10.3 Å². The molecule has 13 nitrogen and oxygen atoms in total. The second-order valence-electron chi connectivity index (χ2n) is 6.16. The van der Waals surface area contributed by atoms with Crippen LogP contribution in [0.15, 0.2) is 15.8 Å². The van der Waals surface area contributed by atoms with Crippen molar-refractivity contribution < 1.29 is 38.8 Å². The average molecular weight is 423 g/mol. The Bertz CT molecular complexity index is 877. The second kappa shape index (κ2) is 8.66. The molecule has 28 heavy (non-hydrogen) atoms. The molecule has 0 aromatic carbocycles. The fourth-order valence-electron chi connectivity index (χ4n) is 2.70. The van der Waals surface area contributed by atoms with Crippen molar-refractivity contribution in [2.24, 2.45) is 7.05 Å². The summed E-state index contributed by atoms with van der Waals surface area (Å²) >= 11 is 0. The summed E-state index contributed by atoms with van der Waals surface area (Å²) in [6.07, 6.45) is -4.72. The maximum atomic E-state index is 12.2. The van der Waals surface area contributed by atoms with Crippen LogP contribution in [0.5, 0.6) is 0 Å². The molecule has 6 N–H and O–H groups in total. The van der Waals surface area contributed by atoms with Gasteiger partial charge in [-0.2, -0.15) is 0 Å². The first-order chi connectivity index (χ1) is 13.0. The molecule has 1 aromatic heterocycles. The van der Waals surface area contributed by atoms with Crippen molar-refractivity contribution in [2.75, 3.05) is 13.2 Å². The first-order valence-corrected chi connectivity index (χ1v) is 9.91. The molecule has 0 bridgehead atoms. The Hall–Kier alpha value is -1.86. The molecule has 0 spiro atoms. The summed E-state index contributed by atoms with van der Waals surface area (Å²) in [5.41, 5.74) is -1.57. The zero-order valence-corrected chi connectivity index (χ0v) is 15.9. The Kier molecular flexibility index (Phi) is 6.93. The highest BCUT2D eigenvalue weighted by atomic mass is 31.2. The van der Waals surface area contributed by atoms with Crippen molar-refractivity contribution in [1.82, 2.24) is 14.9 Å². The average Bonchev–Trinajstić information content (AvgIpc) is 2.88. The van der Waals surface area contributed by atoms with Gasteiger partial charge in [-0.3, -0.25) is 18.7 Å². The first kappa shape index (κ1) is 22.4. The molecule has 1 aliphatic heterocycles. The van der Waals surface area contributed by atoms with Gasteiger partial charge < -0.3 is 39.8 Å². The number of nitrogens with zero attached hydrogens (tertiary/aromatic N) is 1. The molecule has 0 radical (unpaired) electrons. The van der Waals surface area contributed by atoms with E-state index in [1.165, 1.54) is 7.05 Å². The van der Waals surface area contributed by atoms with Crippen LogP contribution in [0.2, 0.25) is 0 Å². The minimum atomic E-state index is -4.97. The van der Waals surface area contributed by atoms with Gasteiger partial charge in [0.05, 0.1) is 12.2 Å². The van der Waals surface area contributed by atoms with E-state index in [0.717, 1.165) is 10.8 Å². The van der Waals surface area contributed by atoms with E-state index in [9.17, 15) is 38.9 Å². The SMILES string of the molecule is CCNC(=O)C(OC[C@H]1O[C@H](c2c[nH]c(=O)n(C)c2=O)[C@H](O)[C@@H]1O)P(=O)(O)O. The molecule has 0 aliphatic carbocycles. The lowest BCUT2D eigenvalue weighted by Crippen LogP contribution is -2.40. The number of amides is 1. The summed E-state index contributed by atoms with van der Waals surface area (Å²) < 4.78 is 22.6. The molecule has 14 heteroatoms. The lowest BCUT2D eigenvalue weighted by molar-refractivity contribution is -0.132. The van der Waals surface area contributed by atoms with E-state index in [4.69, 9.17) is 9.47 Å². The summed E-state index contributed by atoms with van der Waals surface area (Å²) in [4.78, 5) is 56.2. The van der Waals surface area contributed by atoms with Crippen molar-refractivity contribution in [2.45, 2.75) is 37.2 Å². The van der Waals surface area contributed by atoms with Gasteiger partial charge in [0.2, 0.25) is 5.85 Å². The fraction of sp³-hybridized carbons (Fsp3) is 0.643. The summed E-state index contributed by atoms with van der Waals surface area (Å²) in [7, 11) is -3.77.